The fourth-order valence-corrected chi connectivity index (χ4v) is 4.07. The Labute approximate surface area is 180 Å². The lowest BCUT2D eigenvalue weighted by Gasteiger charge is -2.34. The van der Waals surface area contributed by atoms with Gasteiger partial charge in [0.2, 0.25) is 5.91 Å². The number of carbonyl (C=O) groups is 1. The van der Waals surface area contributed by atoms with Gasteiger partial charge in [-0.2, -0.15) is 0 Å². The van der Waals surface area contributed by atoms with E-state index in [0.29, 0.717) is 12.6 Å². The van der Waals surface area contributed by atoms with Crippen molar-refractivity contribution in [2.24, 2.45) is 0 Å². The molecule has 1 aliphatic carbocycles. The molecule has 1 amide bonds. The van der Waals surface area contributed by atoms with E-state index in [0.717, 1.165) is 58.7 Å². The molecule has 1 N–H and O–H groups in total. The molecule has 4 rings (SSSR count). The third-order valence-corrected chi connectivity index (χ3v) is 6.08. The summed E-state index contributed by atoms with van der Waals surface area (Å²) >= 11 is 0. The van der Waals surface area contributed by atoms with Crippen molar-refractivity contribution in [3.8, 4) is 0 Å². The summed E-state index contributed by atoms with van der Waals surface area (Å²) in [6.45, 7) is 9.65. The summed E-state index contributed by atoms with van der Waals surface area (Å²) in [5, 5.41) is 3.09. The minimum absolute atomic E-state index is 0.192. The molecule has 1 aliphatic heterocycles. The van der Waals surface area contributed by atoms with Crippen molar-refractivity contribution in [2.45, 2.75) is 38.9 Å². The molecule has 5 heteroatoms. The highest BCUT2D eigenvalue weighted by Crippen LogP contribution is 2.20. The second kappa shape index (κ2) is 10.1. The van der Waals surface area contributed by atoms with E-state index in [2.05, 4.69) is 81.5 Å². The minimum Gasteiger partial charge on any atom is -0.367 e. The number of amides is 1. The number of anilines is 1. The Hall–Kier alpha value is -2.37. The number of hydrogen-bond donors (Lipinski definition) is 1. The maximum absolute atomic E-state index is 12.0. The zero-order valence-corrected chi connectivity index (χ0v) is 18.1. The molecule has 2 aromatic rings. The van der Waals surface area contributed by atoms with Crippen molar-refractivity contribution < 1.29 is 4.79 Å². The van der Waals surface area contributed by atoms with E-state index in [9.17, 15) is 4.79 Å². The first-order chi connectivity index (χ1) is 14.7. The van der Waals surface area contributed by atoms with Crippen LogP contribution < -0.4 is 10.2 Å². The SMILES string of the molecule is CCN(Cc1ccccc1)c1ccc(CN2CCN(CC(=O)NC3CC3)CC2)cc1. The minimum atomic E-state index is 0.192. The first-order valence-electron chi connectivity index (χ1n) is 11.3. The molecule has 0 atom stereocenters. The molecule has 0 bridgehead atoms. The monoisotopic (exact) mass is 406 g/mol. The number of piperazine rings is 1. The average molecular weight is 407 g/mol. The zero-order chi connectivity index (χ0) is 20.8. The number of nitrogens with zero attached hydrogens (tertiary/aromatic N) is 3. The lowest BCUT2D eigenvalue weighted by Crippen LogP contribution is -2.49. The van der Waals surface area contributed by atoms with Gasteiger partial charge in [0.1, 0.15) is 0 Å². The average Bonchev–Trinajstić information content (AvgIpc) is 3.59. The molecule has 1 saturated heterocycles. The van der Waals surface area contributed by atoms with Crippen molar-refractivity contribution in [2.75, 3.05) is 44.2 Å². The zero-order valence-electron chi connectivity index (χ0n) is 18.1. The van der Waals surface area contributed by atoms with Gasteiger partial charge in [0.25, 0.3) is 0 Å². The molecule has 0 aromatic heterocycles. The van der Waals surface area contributed by atoms with Crippen LogP contribution in [0, 0.1) is 0 Å². The van der Waals surface area contributed by atoms with Crippen LogP contribution in [0.1, 0.15) is 30.9 Å². The third kappa shape index (κ3) is 6.07. The van der Waals surface area contributed by atoms with Gasteiger partial charge in [0, 0.05) is 57.5 Å². The van der Waals surface area contributed by atoms with Crippen molar-refractivity contribution in [3.63, 3.8) is 0 Å². The van der Waals surface area contributed by atoms with Crippen molar-refractivity contribution in [3.05, 3.63) is 65.7 Å². The van der Waals surface area contributed by atoms with Crippen LogP contribution in [-0.4, -0.2) is 61.0 Å². The second-order valence-corrected chi connectivity index (χ2v) is 8.56. The van der Waals surface area contributed by atoms with Crippen LogP contribution in [0.5, 0.6) is 0 Å². The number of benzene rings is 2. The maximum atomic E-state index is 12.0. The fraction of sp³-hybridized carbons (Fsp3) is 0.480. The van der Waals surface area contributed by atoms with Crippen LogP contribution in [0.25, 0.3) is 0 Å². The lowest BCUT2D eigenvalue weighted by molar-refractivity contribution is -0.122. The Bertz CT molecular complexity index is 796. The first-order valence-corrected chi connectivity index (χ1v) is 11.3. The van der Waals surface area contributed by atoms with Gasteiger partial charge >= 0.3 is 0 Å². The van der Waals surface area contributed by atoms with Crippen LogP contribution in [0.2, 0.25) is 0 Å². The summed E-state index contributed by atoms with van der Waals surface area (Å²) in [5.41, 5.74) is 3.97. The third-order valence-electron chi connectivity index (χ3n) is 6.08. The highest BCUT2D eigenvalue weighted by Gasteiger charge is 2.25. The summed E-state index contributed by atoms with van der Waals surface area (Å²) in [6, 6.07) is 20.1. The summed E-state index contributed by atoms with van der Waals surface area (Å²) in [6.07, 6.45) is 2.31. The number of rotatable bonds is 9. The van der Waals surface area contributed by atoms with Crippen molar-refractivity contribution in [1.29, 1.82) is 0 Å². The maximum Gasteiger partial charge on any atom is 0.234 e. The molecule has 0 radical (unpaired) electrons. The van der Waals surface area contributed by atoms with Crippen LogP contribution in [-0.2, 0) is 17.9 Å². The second-order valence-electron chi connectivity index (χ2n) is 8.56. The molecule has 0 unspecified atom stereocenters. The van der Waals surface area contributed by atoms with E-state index in [1.807, 2.05) is 0 Å². The van der Waals surface area contributed by atoms with Crippen molar-refractivity contribution >= 4 is 11.6 Å². The Balaban J connectivity index is 1.24. The summed E-state index contributed by atoms with van der Waals surface area (Å²) < 4.78 is 0. The Morgan fingerprint density at radius 2 is 1.60 bits per heavy atom. The van der Waals surface area contributed by atoms with E-state index in [-0.39, 0.29) is 5.91 Å². The van der Waals surface area contributed by atoms with Crippen LogP contribution in [0.4, 0.5) is 5.69 Å². The number of nitrogens with one attached hydrogen (secondary N) is 1. The molecule has 2 aliphatic rings. The van der Waals surface area contributed by atoms with Crippen LogP contribution in [0.3, 0.4) is 0 Å². The molecule has 30 heavy (non-hydrogen) atoms. The van der Waals surface area contributed by atoms with Gasteiger partial charge < -0.3 is 10.2 Å². The highest BCUT2D eigenvalue weighted by atomic mass is 16.2. The normalized spacial score (nSPS) is 17.6. The standard InChI is InChI=1S/C25H34N4O/c1-2-29(19-21-6-4-3-5-7-21)24-12-8-22(9-13-24)18-27-14-16-28(17-15-27)20-25(30)26-23-10-11-23/h3-9,12-13,23H,2,10-11,14-20H2,1H3,(H,26,30). The predicted octanol–water partition coefficient (Wildman–Crippen LogP) is 3.11. The van der Waals surface area contributed by atoms with Gasteiger partial charge in [-0.05, 0) is 43.0 Å². The van der Waals surface area contributed by atoms with Gasteiger partial charge in [-0.1, -0.05) is 42.5 Å². The predicted molar refractivity (Wildman–Crippen MR) is 122 cm³/mol. The number of hydrogen-bond acceptors (Lipinski definition) is 4. The van der Waals surface area contributed by atoms with Gasteiger partial charge in [-0.25, -0.2) is 0 Å². The first kappa shape index (κ1) is 20.9. The Kier molecular flexibility index (Phi) is 7.03. The molecule has 1 heterocycles. The lowest BCUT2D eigenvalue weighted by atomic mass is 10.1. The molecular formula is C25H34N4O. The molecule has 5 nitrogen and oxygen atoms in total. The Morgan fingerprint density at radius 1 is 0.933 bits per heavy atom. The molecule has 160 valence electrons. The van der Waals surface area contributed by atoms with E-state index in [4.69, 9.17) is 0 Å². The van der Waals surface area contributed by atoms with Gasteiger partial charge in [-0.3, -0.25) is 14.6 Å². The molecular weight excluding hydrogens is 372 g/mol. The van der Waals surface area contributed by atoms with Crippen LogP contribution in [0.15, 0.2) is 54.6 Å². The van der Waals surface area contributed by atoms with Gasteiger partial charge in [0.05, 0.1) is 6.54 Å². The van der Waals surface area contributed by atoms with E-state index >= 15 is 0 Å². The summed E-state index contributed by atoms with van der Waals surface area (Å²) in [5.74, 6) is 0.192. The van der Waals surface area contributed by atoms with Gasteiger partial charge in [-0.15, -0.1) is 0 Å². The topological polar surface area (TPSA) is 38.8 Å². The quantitative estimate of drug-likeness (QED) is 0.695. The summed E-state index contributed by atoms with van der Waals surface area (Å²) in [4.78, 5) is 19.2. The molecule has 2 fully saturated rings. The van der Waals surface area contributed by atoms with Crippen LogP contribution >= 0.6 is 0 Å². The fourth-order valence-electron chi connectivity index (χ4n) is 4.07. The molecule has 1 saturated carbocycles. The smallest absolute Gasteiger partial charge is 0.234 e. The van der Waals surface area contributed by atoms with E-state index in [1.165, 1.54) is 16.8 Å². The highest BCUT2D eigenvalue weighted by molar-refractivity contribution is 5.78. The van der Waals surface area contributed by atoms with Gasteiger partial charge in [0.15, 0.2) is 0 Å². The molecule has 0 spiro atoms. The van der Waals surface area contributed by atoms with Crippen molar-refractivity contribution in [1.82, 2.24) is 15.1 Å². The summed E-state index contributed by atoms with van der Waals surface area (Å²) in [7, 11) is 0. The van der Waals surface area contributed by atoms with E-state index < -0.39 is 0 Å². The Morgan fingerprint density at radius 3 is 2.23 bits per heavy atom. The van der Waals surface area contributed by atoms with E-state index in [1.54, 1.807) is 0 Å². The largest absolute Gasteiger partial charge is 0.367 e. The molecule has 2 aromatic carbocycles. The number of carbonyl (C=O) groups excluding carboxylic acids is 1.